The van der Waals surface area contributed by atoms with Crippen LogP contribution in [0.1, 0.15) is 36.8 Å². The highest BCUT2D eigenvalue weighted by Gasteiger charge is 2.50. The Morgan fingerprint density at radius 3 is 2.66 bits per heavy atom. The second-order valence-electron chi connectivity index (χ2n) is 8.82. The molecule has 2 aliphatic rings. The van der Waals surface area contributed by atoms with E-state index in [1.54, 1.807) is 25.5 Å². The van der Waals surface area contributed by atoms with Crippen LogP contribution < -0.4 is 5.43 Å². The number of carbonyl (C=O) groups is 2. The minimum atomic E-state index is -0.696. The predicted molar refractivity (Wildman–Crippen MR) is 111 cm³/mol. The molecule has 10 nitrogen and oxygen atoms in total. The van der Waals surface area contributed by atoms with Crippen molar-refractivity contribution >= 4 is 23.6 Å². The SMILES string of the molecule is CC(C)(C)OC(=O)N1Cc2c(C(=O)NN=N)c(-c3ccc(F)c(Cl)c3)nn2C2(COC2)C1. The second kappa shape index (κ2) is 7.82. The average Bonchev–Trinajstić information content (AvgIpc) is 3.06. The number of amides is 2. The molecule has 1 saturated heterocycles. The highest BCUT2D eigenvalue weighted by Crippen LogP contribution is 2.39. The number of nitrogens with zero attached hydrogens (tertiary/aromatic N) is 4. The molecule has 1 aromatic heterocycles. The van der Waals surface area contributed by atoms with Gasteiger partial charge in [-0.3, -0.25) is 14.4 Å². The molecule has 2 N–H and O–H groups in total. The summed E-state index contributed by atoms with van der Waals surface area (Å²) in [7, 11) is 0. The fourth-order valence-electron chi connectivity index (χ4n) is 3.85. The molecule has 0 bridgehead atoms. The fraction of sp³-hybridized carbons (Fsp3) is 0.450. The van der Waals surface area contributed by atoms with Crippen molar-refractivity contribution in [2.24, 2.45) is 5.22 Å². The van der Waals surface area contributed by atoms with Gasteiger partial charge in [-0.1, -0.05) is 16.8 Å². The van der Waals surface area contributed by atoms with Gasteiger partial charge >= 0.3 is 6.09 Å². The number of halogens is 2. The summed E-state index contributed by atoms with van der Waals surface area (Å²) >= 11 is 5.96. The number of carbonyl (C=O) groups excluding carboxylic acids is 2. The van der Waals surface area contributed by atoms with Crippen LogP contribution in [0.5, 0.6) is 0 Å². The first-order valence-corrected chi connectivity index (χ1v) is 10.2. The van der Waals surface area contributed by atoms with Gasteiger partial charge in [-0.05, 0) is 39.0 Å². The minimum Gasteiger partial charge on any atom is -0.444 e. The van der Waals surface area contributed by atoms with Gasteiger partial charge in [-0.25, -0.2) is 14.6 Å². The predicted octanol–water partition coefficient (Wildman–Crippen LogP) is 3.49. The highest BCUT2D eigenvalue weighted by atomic mass is 35.5. The lowest BCUT2D eigenvalue weighted by atomic mass is 9.93. The van der Waals surface area contributed by atoms with Gasteiger partial charge in [0.05, 0.1) is 42.6 Å². The van der Waals surface area contributed by atoms with Crippen LogP contribution in [0, 0.1) is 11.3 Å². The van der Waals surface area contributed by atoms with E-state index in [1.807, 2.05) is 0 Å². The van der Waals surface area contributed by atoms with Gasteiger partial charge in [0.1, 0.15) is 22.7 Å². The lowest BCUT2D eigenvalue weighted by Gasteiger charge is -2.48. The van der Waals surface area contributed by atoms with Gasteiger partial charge in [0.2, 0.25) is 0 Å². The van der Waals surface area contributed by atoms with Crippen LogP contribution in [-0.2, 0) is 21.6 Å². The molecule has 1 aromatic carbocycles. The Labute approximate surface area is 188 Å². The lowest BCUT2D eigenvalue weighted by molar-refractivity contribution is -0.131. The van der Waals surface area contributed by atoms with E-state index in [-0.39, 0.29) is 42.6 Å². The molecule has 0 atom stereocenters. The Kier molecular flexibility index (Phi) is 5.41. The van der Waals surface area contributed by atoms with Gasteiger partial charge in [0.15, 0.2) is 0 Å². The number of hydrogen-bond donors (Lipinski definition) is 2. The normalized spacial score (nSPS) is 16.8. The summed E-state index contributed by atoms with van der Waals surface area (Å²) in [5, 5.41) is 7.51. The number of nitrogens with one attached hydrogen (secondary N) is 2. The summed E-state index contributed by atoms with van der Waals surface area (Å²) in [6.07, 6.45) is -0.529. The van der Waals surface area contributed by atoms with Gasteiger partial charge in [0.25, 0.3) is 5.91 Å². The molecule has 0 saturated carbocycles. The Morgan fingerprint density at radius 1 is 1.38 bits per heavy atom. The Balaban J connectivity index is 1.85. The number of aromatic nitrogens is 2. The average molecular weight is 465 g/mol. The maximum Gasteiger partial charge on any atom is 0.410 e. The van der Waals surface area contributed by atoms with E-state index < -0.39 is 29.0 Å². The maximum atomic E-state index is 13.7. The number of fused-ring (bicyclic) bond motifs is 2. The van der Waals surface area contributed by atoms with Gasteiger partial charge in [-0.15, -0.1) is 0 Å². The van der Waals surface area contributed by atoms with Crippen molar-refractivity contribution in [2.45, 2.75) is 38.5 Å². The number of hydrogen-bond acceptors (Lipinski definition) is 7. The molecule has 2 amide bonds. The van der Waals surface area contributed by atoms with E-state index in [2.05, 4.69) is 15.7 Å². The fourth-order valence-corrected chi connectivity index (χ4v) is 4.03. The van der Waals surface area contributed by atoms with Crippen LogP contribution in [0.25, 0.3) is 11.3 Å². The van der Waals surface area contributed by atoms with Crippen molar-refractivity contribution in [3.63, 3.8) is 0 Å². The van der Waals surface area contributed by atoms with Gasteiger partial charge in [0, 0.05) is 5.56 Å². The third-order valence-corrected chi connectivity index (χ3v) is 5.52. The van der Waals surface area contributed by atoms with Crippen LogP contribution >= 0.6 is 11.6 Å². The molecule has 12 heteroatoms. The highest BCUT2D eigenvalue weighted by molar-refractivity contribution is 6.31. The van der Waals surface area contributed by atoms with Crippen molar-refractivity contribution < 1.29 is 23.5 Å². The Hall–Kier alpha value is -3.05. The molecule has 3 heterocycles. The molecule has 2 aromatic rings. The molecule has 1 spiro atoms. The third kappa shape index (κ3) is 3.82. The van der Waals surface area contributed by atoms with Crippen LogP contribution in [-0.4, -0.2) is 52.0 Å². The van der Waals surface area contributed by atoms with Gasteiger partial charge in [-0.2, -0.15) is 10.6 Å². The van der Waals surface area contributed by atoms with Crippen LogP contribution in [0.4, 0.5) is 9.18 Å². The summed E-state index contributed by atoms with van der Waals surface area (Å²) < 4.78 is 26.4. The zero-order chi connectivity index (χ0) is 23.3. The summed E-state index contributed by atoms with van der Waals surface area (Å²) in [4.78, 5) is 27.2. The van der Waals surface area contributed by atoms with E-state index >= 15 is 0 Å². The molecule has 4 rings (SSSR count). The third-order valence-electron chi connectivity index (χ3n) is 5.23. The molecule has 0 unspecified atom stereocenters. The summed E-state index contributed by atoms with van der Waals surface area (Å²) in [5.41, 5.74) is 8.96. The number of ether oxygens (including phenoxy) is 2. The first-order chi connectivity index (χ1) is 15.0. The van der Waals surface area contributed by atoms with Crippen molar-refractivity contribution in [3.8, 4) is 11.3 Å². The number of rotatable bonds is 3. The molecule has 32 heavy (non-hydrogen) atoms. The Bertz CT molecular complexity index is 1110. The van der Waals surface area contributed by atoms with Crippen molar-refractivity contribution in [1.82, 2.24) is 20.1 Å². The van der Waals surface area contributed by atoms with E-state index in [9.17, 15) is 14.0 Å². The van der Waals surface area contributed by atoms with Crippen molar-refractivity contribution in [3.05, 3.63) is 40.3 Å². The first kappa shape index (κ1) is 22.2. The maximum absolute atomic E-state index is 13.7. The molecule has 0 radical (unpaired) electrons. The first-order valence-electron chi connectivity index (χ1n) is 9.85. The second-order valence-corrected chi connectivity index (χ2v) is 9.22. The van der Waals surface area contributed by atoms with Crippen LogP contribution in [0.2, 0.25) is 5.02 Å². The number of benzene rings is 1. The smallest absolute Gasteiger partial charge is 0.410 e. The molecule has 1 fully saturated rings. The molecule has 170 valence electrons. The standard InChI is InChI=1S/C20H22ClFN6O4/c1-19(2,3)32-18(30)27-7-14-15(17(29)24-26-23)16(11-4-5-13(22)12(21)6-11)25-28(14)20(8-27)9-31-10-20/h4-6H,7-10H2,1-3H3,(H2,23,24,29). The summed E-state index contributed by atoms with van der Waals surface area (Å²) in [6, 6.07) is 4.01. The summed E-state index contributed by atoms with van der Waals surface area (Å²) in [6.45, 7) is 6.21. The van der Waals surface area contributed by atoms with Crippen molar-refractivity contribution in [1.29, 1.82) is 5.53 Å². The zero-order valence-electron chi connectivity index (χ0n) is 17.7. The largest absolute Gasteiger partial charge is 0.444 e. The van der Waals surface area contributed by atoms with E-state index in [1.165, 1.54) is 23.1 Å². The van der Waals surface area contributed by atoms with E-state index in [0.29, 0.717) is 11.3 Å². The lowest BCUT2D eigenvalue weighted by Crippen LogP contribution is -2.63. The van der Waals surface area contributed by atoms with Gasteiger partial charge < -0.3 is 9.47 Å². The Morgan fingerprint density at radius 2 is 2.09 bits per heavy atom. The van der Waals surface area contributed by atoms with E-state index in [0.717, 1.165) is 0 Å². The molecule has 2 aliphatic heterocycles. The minimum absolute atomic E-state index is 0.0410. The molecule has 0 aliphatic carbocycles. The van der Waals surface area contributed by atoms with Crippen LogP contribution in [0.3, 0.4) is 0 Å². The zero-order valence-corrected chi connectivity index (χ0v) is 18.5. The van der Waals surface area contributed by atoms with Crippen molar-refractivity contribution in [2.75, 3.05) is 19.8 Å². The molecular formula is C20H22ClFN6O4. The topological polar surface area (TPSA) is 122 Å². The molecular weight excluding hydrogens is 443 g/mol. The summed E-state index contributed by atoms with van der Waals surface area (Å²) in [5.74, 6) is -1.29. The van der Waals surface area contributed by atoms with Crippen LogP contribution in [0.15, 0.2) is 23.4 Å². The quantitative estimate of drug-likeness (QED) is 0.531. The monoisotopic (exact) mass is 464 g/mol. The van der Waals surface area contributed by atoms with E-state index in [4.69, 9.17) is 26.6 Å².